The van der Waals surface area contributed by atoms with E-state index in [1.165, 1.54) is 0 Å². The van der Waals surface area contributed by atoms with E-state index < -0.39 is 0 Å². The lowest BCUT2D eigenvalue weighted by Crippen LogP contribution is -1.89. The molecule has 1 aromatic carbocycles. The summed E-state index contributed by atoms with van der Waals surface area (Å²) in [5, 5.41) is 3.80. The highest BCUT2D eigenvalue weighted by Crippen LogP contribution is 2.23. The van der Waals surface area contributed by atoms with Crippen LogP contribution in [-0.4, -0.2) is 21.7 Å². The van der Waals surface area contributed by atoms with Crippen molar-refractivity contribution in [3.8, 4) is 17.5 Å². The standard InChI is InChI=1S/C12H11N3O2/c1-2-16-11-7-10(17-15-11)12-13-8-5-3-4-6-9(8)14-12/h3-7H,2H2,1H3,(H,13,14). The van der Waals surface area contributed by atoms with Gasteiger partial charge in [-0.2, -0.15) is 0 Å². The summed E-state index contributed by atoms with van der Waals surface area (Å²) >= 11 is 0. The smallest absolute Gasteiger partial charge is 0.254 e. The highest BCUT2D eigenvalue weighted by molar-refractivity contribution is 5.78. The number of rotatable bonds is 3. The van der Waals surface area contributed by atoms with Gasteiger partial charge in [0, 0.05) is 0 Å². The monoisotopic (exact) mass is 229 g/mol. The van der Waals surface area contributed by atoms with Gasteiger partial charge in [-0.05, 0) is 24.2 Å². The van der Waals surface area contributed by atoms with Crippen LogP contribution in [0.4, 0.5) is 0 Å². The second kappa shape index (κ2) is 3.93. The molecule has 0 spiro atoms. The fraction of sp³-hybridized carbons (Fsp3) is 0.167. The number of fused-ring (bicyclic) bond motifs is 1. The number of hydrogen-bond acceptors (Lipinski definition) is 4. The molecule has 0 unspecified atom stereocenters. The molecule has 2 aromatic heterocycles. The van der Waals surface area contributed by atoms with Crippen molar-refractivity contribution in [2.75, 3.05) is 6.61 Å². The Morgan fingerprint density at radius 1 is 1.35 bits per heavy atom. The fourth-order valence-corrected chi connectivity index (χ4v) is 1.66. The van der Waals surface area contributed by atoms with Gasteiger partial charge in [-0.1, -0.05) is 12.1 Å². The number of hydrogen-bond donors (Lipinski definition) is 1. The van der Waals surface area contributed by atoms with Crippen molar-refractivity contribution in [3.05, 3.63) is 30.3 Å². The largest absolute Gasteiger partial charge is 0.476 e. The molecule has 0 aliphatic heterocycles. The summed E-state index contributed by atoms with van der Waals surface area (Å²) in [6.07, 6.45) is 0. The molecule has 0 aliphatic rings. The van der Waals surface area contributed by atoms with Gasteiger partial charge in [0.1, 0.15) is 0 Å². The summed E-state index contributed by atoms with van der Waals surface area (Å²) < 4.78 is 10.4. The molecule has 0 saturated carbocycles. The van der Waals surface area contributed by atoms with Crippen molar-refractivity contribution in [1.82, 2.24) is 15.1 Å². The van der Waals surface area contributed by atoms with Gasteiger partial charge in [0.2, 0.25) is 5.76 Å². The van der Waals surface area contributed by atoms with Gasteiger partial charge in [-0.25, -0.2) is 4.98 Å². The Hall–Kier alpha value is -2.30. The Labute approximate surface area is 97.4 Å². The summed E-state index contributed by atoms with van der Waals surface area (Å²) in [6, 6.07) is 9.53. The quantitative estimate of drug-likeness (QED) is 0.749. The topological polar surface area (TPSA) is 63.9 Å². The van der Waals surface area contributed by atoms with Crippen LogP contribution in [0, 0.1) is 0 Å². The SMILES string of the molecule is CCOc1cc(-c2nc3ccccc3[nH]2)on1. The molecule has 0 radical (unpaired) electrons. The van der Waals surface area contributed by atoms with E-state index in [1.807, 2.05) is 31.2 Å². The van der Waals surface area contributed by atoms with Gasteiger partial charge < -0.3 is 14.2 Å². The molecule has 3 aromatic rings. The molecule has 86 valence electrons. The van der Waals surface area contributed by atoms with E-state index in [0.717, 1.165) is 11.0 Å². The van der Waals surface area contributed by atoms with Crippen molar-refractivity contribution in [2.24, 2.45) is 0 Å². The van der Waals surface area contributed by atoms with Crippen LogP contribution in [0.25, 0.3) is 22.6 Å². The van der Waals surface area contributed by atoms with E-state index in [9.17, 15) is 0 Å². The van der Waals surface area contributed by atoms with Gasteiger partial charge >= 0.3 is 0 Å². The minimum absolute atomic E-state index is 0.475. The lowest BCUT2D eigenvalue weighted by Gasteiger charge is -1.91. The first-order valence-electron chi connectivity index (χ1n) is 5.41. The molecular weight excluding hydrogens is 218 g/mol. The summed E-state index contributed by atoms with van der Waals surface area (Å²) in [5.74, 6) is 1.71. The molecule has 2 heterocycles. The maximum atomic E-state index is 5.24. The van der Waals surface area contributed by atoms with Gasteiger partial charge in [0.15, 0.2) is 5.82 Å². The summed E-state index contributed by atoms with van der Waals surface area (Å²) in [4.78, 5) is 7.58. The number of aromatic nitrogens is 3. The van der Waals surface area contributed by atoms with Crippen LogP contribution in [0.5, 0.6) is 5.88 Å². The molecule has 3 rings (SSSR count). The summed E-state index contributed by atoms with van der Waals surface area (Å²) in [6.45, 7) is 2.46. The van der Waals surface area contributed by atoms with Crippen LogP contribution in [0.15, 0.2) is 34.9 Å². The molecule has 5 heteroatoms. The number of imidazole rings is 1. The lowest BCUT2D eigenvalue weighted by atomic mass is 10.3. The zero-order chi connectivity index (χ0) is 11.7. The predicted octanol–water partition coefficient (Wildman–Crippen LogP) is 2.62. The fourth-order valence-electron chi connectivity index (χ4n) is 1.66. The van der Waals surface area contributed by atoms with Crippen LogP contribution in [0.3, 0.4) is 0 Å². The van der Waals surface area contributed by atoms with Crippen LogP contribution in [0.2, 0.25) is 0 Å². The minimum Gasteiger partial charge on any atom is -0.476 e. The molecule has 0 atom stereocenters. The summed E-state index contributed by atoms with van der Waals surface area (Å²) in [5.41, 5.74) is 1.87. The van der Waals surface area contributed by atoms with E-state index in [0.29, 0.717) is 24.1 Å². The molecule has 1 N–H and O–H groups in total. The molecule has 0 bridgehead atoms. The molecule has 5 nitrogen and oxygen atoms in total. The Morgan fingerprint density at radius 3 is 3.06 bits per heavy atom. The van der Waals surface area contributed by atoms with Crippen molar-refractivity contribution < 1.29 is 9.26 Å². The van der Waals surface area contributed by atoms with E-state index in [1.54, 1.807) is 6.07 Å². The Kier molecular flexibility index (Phi) is 2.29. The van der Waals surface area contributed by atoms with Crippen LogP contribution >= 0.6 is 0 Å². The number of aromatic amines is 1. The molecule has 0 aliphatic carbocycles. The zero-order valence-corrected chi connectivity index (χ0v) is 9.30. The maximum Gasteiger partial charge on any atom is 0.254 e. The van der Waals surface area contributed by atoms with Gasteiger partial charge in [-0.15, -0.1) is 0 Å². The second-order valence-electron chi connectivity index (χ2n) is 3.56. The van der Waals surface area contributed by atoms with Crippen molar-refractivity contribution >= 4 is 11.0 Å². The Morgan fingerprint density at radius 2 is 2.24 bits per heavy atom. The number of ether oxygens (including phenoxy) is 1. The van der Waals surface area contributed by atoms with Crippen molar-refractivity contribution in [2.45, 2.75) is 6.92 Å². The van der Waals surface area contributed by atoms with E-state index in [-0.39, 0.29) is 0 Å². The first kappa shape index (κ1) is 9.89. The van der Waals surface area contributed by atoms with Gasteiger partial charge in [0.25, 0.3) is 5.88 Å². The minimum atomic E-state index is 0.475. The first-order valence-corrected chi connectivity index (χ1v) is 5.41. The Bertz CT molecular complexity index is 609. The Balaban J connectivity index is 2.01. The number of H-pyrrole nitrogens is 1. The van der Waals surface area contributed by atoms with E-state index in [4.69, 9.17) is 9.26 Å². The predicted molar refractivity (Wildman–Crippen MR) is 62.8 cm³/mol. The van der Waals surface area contributed by atoms with Crippen LogP contribution in [-0.2, 0) is 0 Å². The molecule has 0 amide bonds. The third-order valence-electron chi connectivity index (χ3n) is 2.40. The first-order chi connectivity index (χ1) is 8.36. The molecule has 0 fully saturated rings. The number of nitrogens with one attached hydrogen (secondary N) is 1. The van der Waals surface area contributed by atoms with Gasteiger partial charge in [-0.3, -0.25) is 0 Å². The molecular formula is C12H11N3O2. The highest BCUT2D eigenvalue weighted by atomic mass is 16.5. The van der Waals surface area contributed by atoms with Crippen molar-refractivity contribution in [3.63, 3.8) is 0 Å². The van der Waals surface area contributed by atoms with Crippen LogP contribution < -0.4 is 4.74 Å². The highest BCUT2D eigenvalue weighted by Gasteiger charge is 2.11. The van der Waals surface area contributed by atoms with E-state index in [2.05, 4.69) is 15.1 Å². The third kappa shape index (κ3) is 1.75. The number of para-hydroxylation sites is 2. The lowest BCUT2D eigenvalue weighted by molar-refractivity contribution is 0.296. The van der Waals surface area contributed by atoms with E-state index >= 15 is 0 Å². The third-order valence-corrected chi connectivity index (χ3v) is 2.40. The molecule has 0 saturated heterocycles. The van der Waals surface area contributed by atoms with Crippen molar-refractivity contribution in [1.29, 1.82) is 0 Å². The van der Waals surface area contributed by atoms with Gasteiger partial charge in [0.05, 0.1) is 23.7 Å². The number of benzene rings is 1. The normalized spacial score (nSPS) is 10.9. The number of nitrogens with zero attached hydrogens (tertiary/aromatic N) is 2. The molecule has 17 heavy (non-hydrogen) atoms. The summed E-state index contributed by atoms with van der Waals surface area (Å²) in [7, 11) is 0. The maximum absolute atomic E-state index is 5.24. The average Bonchev–Trinajstić information content (AvgIpc) is 2.94. The second-order valence-corrected chi connectivity index (χ2v) is 3.56. The van der Waals surface area contributed by atoms with Crippen LogP contribution in [0.1, 0.15) is 6.92 Å². The average molecular weight is 229 g/mol. The zero-order valence-electron chi connectivity index (χ0n) is 9.30.